The van der Waals surface area contributed by atoms with Crippen LogP contribution >= 0.6 is 0 Å². The number of furan rings is 1. The van der Waals surface area contributed by atoms with E-state index in [-0.39, 0.29) is 22.3 Å². The standard InChI is InChI=1S/C15H24N2O5S/c1-11(10-17-6-4-3-5-7-17)9-16-23(20,21)14-8-13(15(18)19)22-12(14)2/h8,11,16H,3-7,9-10H2,1-2H3,(H,18,19). The van der Waals surface area contributed by atoms with Crippen LogP contribution < -0.4 is 4.72 Å². The maximum absolute atomic E-state index is 12.3. The van der Waals surface area contributed by atoms with E-state index in [0.717, 1.165) is 25.7 Å². The second-order valence-corrected chi connectivity index (χ2v) is 7.89. The summed E-state index contributed by atoms with van der Waals surface area (Å²) in [5.41, 5.74) is 0. The first-order valence-corrected chi connectivity index (χ1v) is 9.33. The average Bonchev–Trinajstić information content (AvgIpc) is 2.89. The van der Waals surface area contributed by atoms with Gasteiger partial charge in [0.15, 0.2) is 0 Å². The summed E-state index contributed by atoms with van der Waals surface area (Å²) in [6.45, 7) is 6.75. The number of carbonyl (C=O) groups is 1. The molecule has 1 aliphatic heterocycles. The molecule has 0 aromatic carbocycles. The second-order valence-electron chi connectivity index (χ2n) is 6.15. The Labute approximate surface area is 136 Å². The maximum Gasteiger partial charge on any atom is 0.371 e. The number of hydrogen-bond donors (Lipinski definition) is 2. The van der Waals surface area contributed by atoms with Crippen molar-refractivity contribution in [3.8, 4) is 0 Å². The van der Waals surface area contributed by atoms with Gasteiger partial charge in [-0.3, -0.25) is 0 Å². The third-order valence-electron chi connectivity index (χ3n) is 4.01. The number of nitrogens with zero attached hydrogens (tertiary/aromatic N) is 1. The van der Waals surface area contributed by atoms with Crippen molar-refractivity contribution in [1.82, 2.24) is 9.62 Å². The molecule has 0 amide bonds. The number of nitrogens with one attached hydrogen (secondary N) is 1. The molecule has 1 aliphatic rings. The molecule has 0 aliphatic carbocycles. The predicted molar refractivity (Wildman–Crippen MR) is 85.0 cm³/mol. The molecular formula is C15H24N2O5S. The van der Waals surface area contributed by atoms with Crippen LogP contribution in [0.15, 0.2) is 15.4 Å². The number of aromatic carboxylic acids is 1. The van der Waals surface area contributed by atoms with Gasteiger partial charge in [0.1, 0.15) is 10.7 Å². The van der Waals surface area contributed by atoms with Crippen LogP contribution in [0.4, 0.5) is 0 Å². The first-order valence-electron chi connectivity index (χ1n) is 7.85. The predicted octanol–water partition coefficient (Wildman–Crippen LogP) is 1.69. The Morgan fingerprint density at radius 3 is 2.61 bits per heavy atom. The first kappa shape index (κ1) is 18.0. The second kappa shape index (κ2) is 7.46. The van der Waals surface area contributed by atoms with Gasteiger partial charge in [0, 0.05) is 19.2 Å². The fourth-order valence-electron chi connectivity index (χ4n) is 2.81. The largest absolute Gasteiger partial charge is 0.475 e. The lowest BCUT2D eigenvalue weighted by molar-refractivity contribution is 0.0661. The molecule has 130 valence electrons. The number of sulfonamides is 1. The smallest absolute Gasteiger partial charge is 0.371 e. The van der Waals surface area contributed by atoms with Crippen molar-refractivity contribution in [3.63, 3.8) is 0 Å². The van der Waals surface area contributed by atoms with Gasteiger partial charge in [-0.1, -0.05) is 13.3 Å². The summed E-state index contributed by atoms with van der Waals surface area (Å²) < 4.78 is 32.1. The molecule has 1 unspecified atom stereocenters. The summed E-state index contributed by atoms with van der Waals surface area (Å²) in [5.74, 6) is -1.40. The highest BCUT2D eigenvalue weighted by Gasteiger charge is 2.24. The summed E-state index contributed by atoms with van der Waals surface area (Å²) in [7, 11) is -3.77. The van der Waals surface area contributed by atoms with Gasteiger partial charge in [0.2, 0.25) is 15.8 Å². The van der Waals surface area contributed by atoms with Gasteiger partial charge >= 0.3 is 5.97 Å². The Hall–Kier alpha value is -1.38. The monoisotopic (exact) mass is 344 g/mol. The molecule has 0 radical (unpaired) electrons. The van der Waals surface area contributed by atoms with Gasteiger partial charge in [-0.15, -0.1) is 0 Å². The first-order chi connectivity index (χ1) is 10.8. The third kappa shape index (κ3) is 4.79. The zero-order valence-corrected chi connectivity index (χ0v) is 14.4. The molecule has 0 saturated carbocycles. The van der Waals surface area contributed by atoms with E-state index in [9.17, 15) is 13.2 Å². The van der Waals surface area contributed by atoms with Crippen molar-refractivity contribution in [2.75, 3.05) is 26.2 Å². The molecule has 2 rings (SSSR count). The summed E-state index contributed by atoms with van der Waals surface area (Å²) in [6.07, 6.45) is 3.67. The van der Waals surface area contributed by atoms with Gasteiger partial charge in [-0.2, -0.15) is 0 Å². The fraction of sp³-hybridized carbons (Fsp3) is 0.667. The Morgan fingerprint density at radius 2 is 2.04 bits per heavy atom. The Balaban J connectivity index is 1.94. The molecule has 7 nitrogen and oxygen atoms in total. The van der Waals surface area contributed by atoms with Crippen LogP contribution in [0.25, 0.3) is 0 Å². The quantitative estimate of drug-likeness (QED) is 0.781. The number of carboxylic acid groups (broad SMARTS) is 1. The topological polar surface area (TPSA) is 99.8 Å². The van der Waals surface area contributed by atoms with Crippen molar-refractivity contribution >= 4 is 16.0 Å². The molecule has 1 saturated heterocycles. The lowest BCUT2D eigenvalue weighted by Gasteiger charge is -2.29. The summed E-state index contributed by atoms with van der Waals surface area (Å²) in [6, 6.07) is 1.05. The van der Waals surface area contributed by atoms with E-state index in [1.54, 1.807) is 0 Å². The average molecular weight is 344 g/mol. The fourth-order valence-corrected chi connectivity index (χ4v) is 4.16. The van der Waals surface area contributed by atoms with E-state index in [2.05, 4.69) is 9.62 Å². The Bertz CT molecular complexity index is 647. The number of piperidine rings is 1. The van der Waals surface area contributed by atoms with Gasteiger partial charge in [-0.05, 0) is 38.8 Å². The van der Waals surface area contributed by atoms with Gasteiger partial charge in [0.05, 0.1) is 0 Å². The van der Waals surface area contributed by atoms with Gasteiger partial charge < -0.3 is 14.4 Å². The minimum absolute atomic E-state index is 0.0820. The van der Waals surface area contributed by atoms with Crippen molar-refractivity contribution in [2.45, 2.75) is 38.0 Å². The van der Waals surface area contributed by atoms with Gasteiger partial charge in [0.25, 0.3) is 0 Å². The minimum atomic E-state index is -3.77. The molecule has 2 N–H and O–H groups in total. The van der Waals surface area contributed by atoms with Crippen LogP contribution in [0.2, 0.25) is 0 Å². The molecule has 2 heterocycles. The van der Waals surface area contributed by atoms with Crippen molar-refractivity contribution in [2.24, 2.45) is 5.92 Å². The van der Waals surface area contributed by atoms with E-state index in [0.29, 0.717) is 6.54 Å². The number of rotatable bonds is 7. The molecule has 23 heavy (non-hydrogen) atoms. The van der Waals surface area contributed by atoms with Crippen LogP contribution in [-0.2, 0) is 10.0 Å². The molecule has 1 fully saturated rings. The van der Waals surface area contributed by atoms with E-state index < -0.39 is 16.0 Å². The molecule has 1 atom stereocenters. The SMILES string of the molecule is Cc1oc(C(=O)O)cc1S(=O)(=O)NCC(C)CN1CCCCC1. The highest BCUT2D eigenvalue weighted by molar-refractivity contribution is 7.89. The van der Waals surface area contributed by atoms with Crippen LogP contribution in [-0.4, -0.2) is 50.6 Å². The lowest BCUT2D eigenvalue weighted by atomic mass is 10.1. The molecule has 0 bridgehead atoms. The van der Waals surface area contributed by atoms with Crippen LogP contribution in [0.3, 0.4) is 0 Å². The lowest BCUT2D eigenvalue weighted by Crippen LogP contribution is -2.38. The number of hydrogen-bond acceptors (Lipinski definition) is 5. The molecule has 1 aromatic rings. The summed E-state index contributed by atoms with van der Waals surface area (Å²) in [4.78, 5) is 13.1. The van der Waals surface area contributed by atoms with Gasteiger partial charge in [-0.25, -0.2) is 17.9 Å². The van der Waals surface area contributed by atoms with Crippen LogP contribution in [0.1, 0.15) is 42.5 Å². The maximum atomic E-state index is 12.3. The van der Waals surface area contributed by atoms with E-state index in [4.69, 9.17) is 9.52 Å². The minimum Gasteiger partial charge on any atom is -0.475 e. The molecular weight excluding hydrogens is 320 g/mol. The highest BCUT2D eigenvalue weighted by atomic mass is 32.2. The van der Waals surface area contributed by atoms with E-state index in [1.165, 1.54) is 26.2 Å². The van der Waals surface area contributed by atoms with E-state index >= 15 is 0 Å². The molecule has 8 heteroatoms. The number of likely N-dealkylation sites (tertiary alicyclic amines) is 1. The molecule has 1 aromatic heterocycles. The summed E-state index contributed by atoms with van der Waals surface area (Å²) in [5, 5.41) is 8.87. The Kier molecular flexibility index (Phi) is 5.83. The van der Waals surface area contributed by atoms with Crippen LogP contribution in [0.5, 0.6) is 0 Å². The van der Waals surface area contributed by atoms with Crippen molar-refractivity contribution < 1.29 is 22.7 Å². The van der Waals surface area contributed by atoms with Crippen molar-refractivity contribution in [3.05, 3.63) is 17.6 Å². The van der Waals surface area contributed by atoms with Crippen LogP contribution in [0, 0.1) is 12.8 Å². The number of carboxylic acids is 1. The third-order valence-corrected chi connectivity index (χ3v) is 5.54. The molecule has 0 spiro atoms. The normalized spacial score (nSPS) is 18.0. The Morgan fingerprint density at radius 1 is 1.39 bits per heavy atom. The summed E-state index contributed by atoms with van der Waals surface area (Å²) >= 11 is 0. The van der Waals surface area contributed by atoms with E-state index in [1.807, 2.05) is 6.92 Å². The zero-order valence-electron chi connectivity index (χ0n) is 13.5. The highest BCUT2D eigenvalue weighted by Crippen LogP contribution is 2.20. The van der Waals surface area contributed by atoms with Crippen molar-refractivity contribution in [1.29, 1.82) is 0 Å². The zero-order chi connectivity index (χ0) is 17.0. The number of aryl methyl sites for hydroxylation is 1.